The molecule has 142 valence electrons. The van der Waals surface area contributed by atoms with Gasteiger partial charge in [-0.15, -0.1) is 24.8 Å². The number of rotatable bonds is 5. The third-order valence-electron chi connectivity index (χ3n) is 4.16. The maximum Gasteiger partial charge on any atom is 0.253 e. The van der Waals surface area contributed by atoms with E-state index < -0.39 is 0 Å². The van der Waals surface area contributed by atoms with E-state index in [1.54, 1.807) is 12.1 Å². The standard InChI is InChI=1S/C19H23N3O2.2ClH/c20-18-7-2-1-6-17(18)19(23)21-13-15-4-3-5-16(12-15)14-22-8-10-24-11-9-22;;/h1-7,12H,8-11,13-14,20H2,(H,21,23);2*1H. The Balaban J connectivity index is 0.00000169. The molecule has 5 nitrogen and oxygen atoms in total. The molecular formula is C19H25Cl2N3O2. The molecule has 0 aromatic heterocycles. The van der Waals surface area contributed by atoms with Crippen LogP contribution in [0.3, 0.4) is 0 Å². The minimum absolute atomic E-state index is 0. The maximum atomic E-state index is 12.2. The Kier molecular flexibility index (Phi) is 9.44. The van der Waals surface area contributed by atoms with Crippen molar-refractivity contribution in [1.29, 1.82) is 0 Å². The second-order valence-corrected chi connectivity index (χ2v) is 5.98. The number of carbonyl (C=O) groups is 1. The molecule has 1 saturated heterocycles. The molecule has 0 unspecified atom stereocenters. The average Bonchev–Trinajstić information content (AvgIpc) is 2.61. The van der Waals surface area contributed by atoms with Gasteiger partial charge in [-0.1, -0.05) is 36.4 Å². The maximum absolute atomic E-state index is 12.2. The number of nitrogen functional groups attached to an aromatic ring is 1. The van der Waals surface area contributed by atoms with Gasteiger partial charge in [-0.05, 0) is 23.3 Å². The topological polar surface area (TPSA) is 67.6 Å². The molecular weight excluding hydrogens is 373 g/mol. The van der Waals surface area contributed by atoms with E-state index in [-0.39, 0.29) is 30.7 Å². The summed E-state index contributed by atoms with van der Waals surface area (Å²) >= 11 is 0. The first-order valence-corrected chi connectivity index (χ1v) is 8.23. The predicted octanol–water partition coefficient (Wildman–Crippen LogP) is 2.87. The Morgan fingerprint density at radius 3 is 2.46 bits per heavy atom. The van der Waals surface area contributed by atoms with Crippen LogP contribution in [0.2, 0.25) is 0 Å². The lowest BCUT2D eigenvalue weighted by molar-refractivity contribution is 0.0342. The molecule has 1 aliphatic heterocycles. The summed E-state index contributed by atoms with van der Waals surface area (Å²) in [6, 6.07) is 15.4. The molecule has 0 atom stereocenters. The van der Waals surface area contributed by atoms with Gasteiger partial charge < -0.3 is 15.8 Å². The van der Waals surface area contributed by atoms with E-state index in [9.17, 15) is 4.79 Å². The van der Waals surface area contributed by atoms with Crippen LogP contribution in [0.4, 0.5) is 5.69 Å². The van der Waals surface area contributed by atoms with Crippen LogP contribution in [0.15, 0.2) is 48.5 Å². The van der Waals surface area contributed by atoms with Gasteiger partial charge in [-0.2, -0.15) is 0 Å². The smallest absolute Gasteiger partial charge is 0.253 e. The summed E-state index contributed by atoms with van der Waals surface area (Å²) in [6.07, 6.45) is 0. The number of ether oxygens (including phenoxy) is 1. The Bertz CT molecular complexity index is 707. The van der Waals surface area contributed by atoms with Gasteiger partial charge in [0.25, 0.3) is 5.91 Å². The molecule has 1 aliphatic rings. The third-order valence-corrected chi connectivity index (χ3v) is 4.16. The number of para-hydroxylation sites is 1. The molecule has 0 bridgehead atoms. The van der Waals surface area contributed by atoms with E-state index in [2.05, 4.69) is 22.3 Å². The second-order valence-electron chi connectivity index (χ2n) is 5.98. The van der Waals surface area contributed by atoms with E-state index in [0.29, 0.717) is 17.8 Å². The summed E-state index contributed by atoms with van der Waals surface area (Å²) in [5.41, 5.74) is 9.19. The molecule has 1 fully saturated rings. The number of carbonyl (C=O) groups excluding carboxylic acids is 1. The molecule has 3 N–H and O–H groups in total. The van der Waals surface area contributed by atoms with Crippen LogP contribution < -0.4 is 11.1 Å². The zero-order valence-electron chi connectivity index (χ0n) is 14.5. The van der Waals surface area contributed by atoms with Crippen LogP contribution in [0.5, 0.6) is 0 Å². The van der Waals surface area contributed by atoms with Gasteiger partial charge in [-0.25, -0.2) is 0 Å². The highest BCUT2D eigenvalue weighted by molar-refractivity contribution is 5.98. The van der Waals surface area contributed by atoms with Gasteiger partial charge in [-0.3, -0.25) is 9.69 Å². The van der Waals surface area contributed by atoms with Crippen molar-refractivity contribution >= 4 is 36.4 Å². The summed E-state index contributed by atoms with van der Waals surface area (Å²) in [4.78, 5) is 14.6. The normalized spacial score (nSPS) is 14.0. The van der Waals surface area contributed by atoms with E-state index in [1.807, 2.05) is 24.3 Å². The highest BCUT2D eigenvalue weighted by atomic mass is 35.5. The number of hydrogen-bond acceptors (Lipinski definition) is 4. The molecule has 2 aromatic rings. The number of amides is 1. The third kappa shape index (κ3) is 6.18. The van der Waals surface area contributed by atoms with Gasteiger partial charge in [0.2, 0.25) is 0 Å². The Morgan fingerprint density at radius 1 is 1.04 bits per heavy atom. The number of hydrogen-bond donors (Lipinski definition) is 2. The second kappa shape index (κ2) is 11.0. The zero-order chi connectivity index (χ0) is 16.8. The highest BCUT2D eigenvalue weighted by Gasteiger charge is 2.11. The van der Waals surface area contributed by atoms with Crippen LogP contribution in [0.1, 0.15) is 21.5 Å². The number of halogens is 2. The molecule has 7 heteroatoms. The Labute approximate surface area is 166 Å². The lowest BCUT2D eigenvalue weighted by atomic mass is 10.1. The van der Waals surface area contributed by atoms with E-state index in [0.717, 1.165) is 38.4 Å². The van der Waals surface area contributed by atoms with Crippen molar-refractivity contribution in [3.63, 3.8) is 0 Å². The first-order chi connectivity index (χ1) is 11.7. The molecule has 0 spiro atoms. The predicted molar refractivity (Wildman–Crippen MR) is 109 cm³/mol. The highest BCUT2D eigenvalue weighted by Crippen LogP contribution is 2.12. The zero-order valence-corrected chi connectivity index (χ0v) is 16.2. The summed E-state index contributed by atoms with van der Waals surface area (Å²) in [5.74, 6) is -0.147. The fraction of sp³-hybridized carbons (Fsp3) is 0.316. The van der Waals surface area contributed by atoms with Gasteiger partial charge in [0.1, 0.15) is 0 Å². The lowest BCUT2D eigenvalue weighted by Gasteiger charge is -2.26. The number of benzene rings is 2. The molecule has 1 amide bonds. The van der Waals surface area contributed by atoms with Crippen LogP contribution in [-0.2, 0) is 17.8 Å². The van der Waals surface area contributed by atoms with E-state index in [4.69, 9.17) is 10.5 Å². The fourth-order valence-corrected chi connectivity index (χ4v) is 2.84. The number of morpholine rings is 1. The molecule has 1 heterocycles. The van der Waals surface area contributed by atoms with Crippen molar-refractivity contribution in [1.82, 2.24) is 10.2 Å². The van der Waals surface area contributed by atoms with E-state index >= 15 is 0 Å². The Hall–Kier alpha value is -1.79. The van der Waals surface area contributed by atoms with Gasteiger partial charge >= 0.3 is 0 Å². The van der Waals surface area contributed by atoms with Crippen molar-refractivity contribution < 1.29 is 9.53 Å². The van der Waals surface area contributed by atoms with Crippen molar-refractivity contribution in [2.24, 2.45) is 0 Å². The van der Waals surface area contributed by atoms with Crippen molar-refractivity contribution in [2.75, 3.05) is 32.0 Å². The quantitative estimate of drug-likeness (QED) is 0.761. The van der Waals surface area contributed by atoms with Gasteiger partial charge in [0.05, 0.1) is 18.8 Å². The number of nitrogens with one attached hydrogen (secondary N) is 1. The summed E-state index contributed by atoms with van der Waals surface area (Å²) in [5, 5.41) is 2.93. The first-order valence-electron chi connectivity index (χ1n) is 8.23. The van der Waals surface area contributed by atoms with E-state index in [1.165, 1.54) is 5.56 Å². The minimum Gasteiger partial charge on any atom is -0.398 e. The molecule has 26 heavy (non-hydrogen) atoms. The summed E-state index contributed by atoms with van der Waals surface area (Å²) in [6.45, 7) is 4.94. The molecule has 0 saturated carbocycles. The number of anilines is 1. The first kappa shape index (κ1) is 22.3. The summed E-state index contributed by atoms with van der Waals surface area (Å²) < 4.78 is 5.38. The Morgan fingerprint density at radius 2 is 1.73 bits per heavy atom. The lowest BCUT2D eigenvalue weighted by Crippen LogP contribution is -2.35. The number of nitrogens with two attached hydrogens (primary N) is 1. The van der Waals surface area contributed by atoms with Crippen LogP contribution >= 0.6 is 24.8 Å². The van der Waals surface area contributed by atoms with Crippen molar-refractivity contribution in [3.05, 3.63) is 65.2 Å². The molecule has 0 aliphatic carbocycles. The van der Waals surface area contributed by atoms with Crippen LogP contribution in [0.25, 0.3) is 0 Å². The van der Waals surface area contributed by atoms with Crippen molar-refractivity contribution in [3.8, 4) is 0 Å². The van der Waals surface area contributed by atoms with Crippen molar-refractivity contribution in [2.45, 2.75) is 13.1 Å². The van der Waals surface area contributed by atoms with Crippen LogP contribution in [-0.4, -0.2) is 37.1 Å². The minimum atomic E-state index is -0.147. The molecule has 3 rings (SSSR count). The monoisotopic (exact) mass is 397 g/mol. The van der Waals surface area contributed by atoms with Gasteiger partial charge in [0.15, 0.2) is 0 Å². The number of nitrogens with zero attached hydrogens (tertiary/aromatic N) is 1. The molecule has 0 radical (unpaired) electrons. The molecule has 2 aromatic carbocycles. The SMILES string of the molecule is Cl.Cl.Nc1ccccc1C(=O)NCc1cccc(CN2CCOCC2)c1. The van der Waals surface area contributed by atoms with Gasteiger partial charge in [0, 0.05) is 31.9 Å². The fourth-order valence-electron chi connectivity index (χ4n) is 2.84. The summed E-state index contributed by atoms with van der Waals surface area (Å²) in [7, 11) is 0. The average molecular weight is 398 g/mol. The van der Waals surface area contributed by atoms with Crippen LogP contribution in [0, 0.1) is 0 Å². The largest absolute Gasteiger partial charge is 0.398 e.